The number of carboxylic acid groups (broad SMARTS) is 1. The van der Waals surface area contributed by atoms with Crippen LogP contribution in [0.15, 0.2) is 30.6 Å². The Kier molecular flexibility index (Phi) is 3.18. The summed E-state index contributed by atoms with van der Waals surface area (Å²) < 4.78 is 1.89. The Morgan fingerprint density at radius 2 is 2.24 bits per heavy atom. The number of aromatic nitrogens is 3. The fourth-order valence-electron chi connectivity index (χ4n) is 1.64. The largest absolute Gasteiger partial charge is 0.477 e. The molecular formula is C12H13N3O2. The Morgan fingerprint density at radius 3 is 2.82 bits per heavy atom. The smallest absolute Gasteiger partial charge is 0.354 e. The third-order valence-electron chi connectivity index (χ3n) is 2.43. The van der Waals surface area contributed by atoms with Crippen LogP contribution in [0.5, 0.6) is 0 Å². The first-order valence-electron chi connectivity index (χ1n) is 5.44. The first kappa shape index (κ1) is 11.3. The van der Waals surface area contributed by atoms with Crippen LogP contribution in [0.2, 0.25) is 0 Å². The molecule has 0 unspecified atom stereocenters. The lowest BCUT2D eigenvalue weighted by Gasteiger charge is -2.05. The zero-order valence-corrected chi connectivity index (χ0v) is 9.50. The van der Waals surface area contributed by atoms with E-state index in [1.165, 1.54) is 6.07 Å². The van der Waals surface area contributed by atoms with Crippen LogP contribution in [0.1, 0.15) is 23.8 Å². The summed E-state index contributed by atoms with van der Waals surface area (Å²) in [7, 11) is 0. The number of rotatable bonds is 4. The van der Waals surface area contributed by atoms with Gasteiger partial charge in [0.2, 0.25) is 0 Å². The van der Waals surface area contributed by atoms with Crippen LogP contribution in [-0.2, 0) is 6.54 Å². The fourth-order valence-corrected chi connectivity index (χ4v) is 1.64. The van der Waals surface area contributed by atoms with Gasteiger partial charge in [0.05, 0.1) is 5.69 Å². The molecule has 0 saturated carbocycles. The third-order valence-corrected chi connectivity index (χ3v) is 2.43. The quantitative estimate of drug-likeness (QED) is 0.874. The van der Waals surface area contributed by atoms with Crippen molar-refractivity contribution in [2.45, 2.75) is 19.9 Å². The minimum absolute atomic E-state index is 0.0512. The number of nitrogens with zero attached hydrogens (tertiary/aromatic N) is 3. The minimum Gasteiger partial charge on any atom is -0.477 e. The van der Waals surface area contributed by atoms with Gasteiger partial charge >= 0.3 is 5.97 Å². The Labute approximate surface area is 98.7 Å². The molecule has 2 rings (SSSR count). The molecule has 1 N–H and O–H groups in total. The van der Waals surface area contributed by atoms with E-state index in [2.05, 4.69) is 17.0 Å². The number of aryl methyl sites for hydroxylation is 1. The molecule has 0 atom stereocenters. The third kappa shape index (κ3) is 2.33. The highest BCUT2D eigenvalue weighted by atomic mass is 16.4. The van der Waals surface area contributed by atoms with Crippen molar-refractivity contribution >= 4 is 5.97 Å². The molecule has 88 valence electrons. The van der Waals surface area contributed by atoms with Gasteiger partial charge in [0.1, 0.15) is 5.69 Å². The van der Waals surface area contributed by atoms with Gasteiger partial charge in [0.15, 0.2) is 0 Å². The molecule has 0 aliphatic heterocycles. The number of pyridine rings is 1. The molecule has 17 heavy (non-hydrogen) atoms. The van der Waals surface area contributed by atoms with Gasteiger partial charge in [-0.05, 0) is 24.6 Å². The maximum absolute atomic E-state index is 10.7. The van der Waals surface area contributed by atoms with Crippen molar-refractivity contribution in [2.75, 3.05) is 0 Å². The van der Waals surface area contributed by atoms with Crippen LogP contribution in [0.25, 0.3) is 11.3 Å². The molecule has 2 aromatic rings. The minimum atomic E-state index is -1.02. The van der Waals surface area contributed by atoms with Crippen LogP contribution in [-0.4, -0.2) is 25.8 Å². The van der Waals surface area contributed by atoms with Gasteiger partial charge in [0.25, 0.3) is 0 Å². The summed E-state index contributed by atoms with van der Waals surface area (Å²) in [5, 5.41) is 13.0. The van der Waals surface area contributed by atoms with Gasteiger partial charge in [-0.3, -0.25) is 4.68 Å². The maximum atomic E-state index is 10.7. The molecule has 0 aliphatic carbocycles. The molecular weight excluding hydrogens is 218 g/mol. The lowest BCUT2D eigenvalue weighted by Crippen LogP contribution is -2.03. The van der Waals surface area contributed by atoms with E-state index in [4.69, 9.17) is 5.11 Å². The molecule has 0 aliphatic rings. The van der Waals surface area contributed by atoms with Crippen molar-refractivity contribution in [3.8, 4) is 11.3 Å². The van der Waals surface area contributed by atoms with E-state index in [0.717, 1.165) is 24.2 Å². The molecule has 0 bridgehead atoms. The molecule has 0 aromatic carbocycles. The predicted octanol–water partition coefficient (Wildman–Crippen LogP) is 2.05. The second-order valence-corrected chi connectivity index (χ2v) is 3.68. The highest BCUT2D eigenvalue weighted by molar-refractivity contribution is 5.85. The van der Waals surface area contributed by atoms with E-state index in [1.54, 1.807) is 18.5 Å². The summed E-state index contributed by atoms with van der Waals surface area (Å²) in [6.45, 7) is 2.92. The summed E-state index contributed by atoms with van der Waals surface area (Å²) in [4.78, 5) is 14.6. The lowest BCUT2D eigenvalue weighted by atomic mass is 10.2. The van der Waals surface area contributed by atoms with Gasteiger partial charge in [0, 0.05) is 24.5 Å². The zero-order chi connectivity index (χ0) is 12.3. The summed E-state index contributed by atoms with van der Waals surface area (Å²) in [6.07, 6.45) is 4.29. The predicted molar refractivity (Wildman–Crippen MR) is 62.7 cm³/mol. The molecule has 0 amide bonds. The van der Waals surface area contributed by atoms with Crippen molar-refractivity contribution in [1.82, 2.24) is 14.8 Å². The van der Waals surface area contributed by atoms with Gasteiger partial charge < -0.3 is 5.11 Å². The van der Waals surface area contributed by atoms with Crippen molar-refractivity contribution < 1.29 is 9.90 Å². The van der Waals surface area contributed by atoms with Gasteiger partial charge in [-0.25, -0.2) is 9.78 Å². The van der Waals surface area contributed by atoms with E-state index in [0.29, 0.717) is 0 Å². The van der Waals surface area contributed by atoms with E-state index < -0.39 is 5.97 Å². The van der Waals surface area contributed by atoms with Crippen LogP contribution in [0.4, 0.5) is 0 Å². The Hall–Kier alpha value is -2.17. The van der Waals surface area contributed by atoms with Crippen LogP contribution >= 0.6 is 0 Å². The molecule has 0 radical (unpaired) electrons. The van der Waals surface area contributed by atoms with Crippen molar-refractivity contribution in [3.05, 3.63) is 36.3 Å². The van der Waals surface area contributed by atoms with E-state index in [-0.39, 0.29) is 5.69 Å². The average molecular weight is 231 g/mol. The Balaban J connectivity index is 2.33. The summed E-state index contributed by atoms with van der Waals surface area (Å²) in [6, 6.07) is 5.15. The van der Waals surface area contributed by atoms with Crippen LogP contribution in [0.3, 0.4) is 0 Å². The number of carbonyl (C=O) groups is 1. The maximum Gasteiger partial charge on any atom is 0.354 e. The van der Waals surface area contributed by atoms with Crippen LogP contribution < -0.4 is 0 Å². The van der Waals surface area contributed by atoms with Gasteiger partial charge in [-0.2, -0.15) is 5.10 Å². The van der Waals surface area contributed by atoms with Gasteiger partial charge in [-0.15, -0.1) is 0 Å². The van der Waals surface area contributed by atoms with E-state index in [1.807, 2.05) is 10.7 Å². The number of carboxylic acids is 1. The molecule has 5 heteroatoms. The number of hydrogen-bond acceptors (Lipinski definition) is 3. The summed E-state index contributed by atoms with van der Waals surface area (Å²) in [5.41, 5.74) is 1.88. The van der Waals surface area contributed by atoms with Crippen molar-refractivity contribution in [1.29, 1.82) is 0 Å². The second kappa shape index (κ2) is 4.78. The SMILES string of the molecule is CCCn1nccc1-c1ccc(C(=O)O)nc1. The first-order valence-corrected chi connectivity index (χ1v) is 5.44. The van der Waals surface area contributed by atoms with Crippen molar-refractivity contribution in [2.24, 2.45) is 0 Å². The Bertz CT molecular complexity index is 517. The standard InChI is InChI=1S/C12H13N3O2/c1-2-7-15-11(5-6-14-15)9-3-4-10(12(16)17)13-8-9/h3-6,8H,2,7H2,1H3,(H,16,17). The number of hydrogen-bond donors (Lipinski definition) is 1. The van der Waals surface area contributed by atoms with Crippen molar-refractivity contribution in [3.63, 3.8) is 0 Å². The molecule has 2 heterocycles. The monoisotopic (exact) mass is 231 g/mol. The van der Waals surface area contributed by atoms with Gasteiger partial charge in [-0.1, -0.05) is 6.92 Å². The highest BCUT2D eigenvalue weighted by Crippen LogP contribution is 2.18. The average Bonchev–Trinajstić information content (AvgIpc) is 2.78. The fraction of sp³-hybridized carbons (Fsp3) is 0.250. The number of aromatic carboxylic acids is 1. The normalized spacial score (nSPS) is 10.4. The molecule has 5 nitrogen and oxygen atoms in total. The highest BCUT2D eigenvalue weighted by Gasteiger charge is 2.07. The van der Waals surface area contributed by atoms with Crippen LogP contribution in [0, 0.1) is 0 Å². The molecule has 2 aromatic heterocycles. The molecule has 0 saturated heterocycles. The summed E-state index contributed by atoms with van der Waals surface area (Å²) >= 11 is 0. The molecule has 0 fully saturated rings. The molecule has 0 spiro atoms. The van der Waals surface area contributed by atoms with E-state index >= 15 is 0 Å². The van der Waals surface area contributed by atoms with E-state index in [9.17, 15) is 4.79 Å². The Morgan fingerprint density at radius 1 is 1.41 bits per heavy atom. The topological polar surface area (TPSA) is 68.0 Å². The first-order chi connectivity index (χ1) is 8.22. The second-order valence-electron chi connectivity index (χ2n) is 3.68. The summed E-state index contributed by atoms with van der Waals surface area (Å²) in [5.74, 6) is -1.02. The lowest BCUT2D eigenvalue weighted by molar-refractivity contribution is 0.0690. The zero-order valence-electron chi connectivity index (χ0n) is 9.50.